The maximum absolute atomic E-state index is 7.48. The van der Waals surface area contributed by atoms with Crippen LogP contribution in [-0.2, 0) is 5.41 Å². The molecule has 0 radical (unpaired) electrons. The Labute approximate surface area is 349 Å². The first kappa shape index (κ1) is 44.4. The van der Waals surface area contributed by atoms with Gasteiger partial charge in [0.1, 0.15) is 23.7 Å². The Morgan fingerprint density at radius 1 is 0.421 bits per heavy atom. The molecule has 320 valence electrons. The molecule has 2 aromatic carbocycles. The zero-order valence-electron chi connectivity index (χ0n) is 39.7. The number of rotatable bonds is 8. The Hall–Kier alpha value is -2.12. The summed E-state index contributed by atoms with van der Waals surface area (Å²) in [5, 5.41) is 15.8. The average Bonchev–Trinajstić information content (AvgIpc) is 2.94. The molecule has 4 aliphatic heterocycles. The molecule has 0 saturated carbocycles. The maximum atomic E-state index is 7.48. The molecular formula is C51H84N4O2. The molecule has 2 aromatic rings. The first-order chi connectivity index (χ1) is 25.7. The largest absolute Gasteiger partial charge is 0.490 e. The van der Waals surface area contributed by atoms with E-state index in [9.17, 15) is 0 Å². The van der Waals surface area contributed by atoms with Gasteiger partial charge in [-0.1, -0.05) is 32.0 Å². The highest BCUT2D eigenvalue weighted by Gasteiger charge is 2.47. The summed E-state index contributed by atoms with van der Waals surface area (Å²) in [7, 11) is 0. The van der Waals surface area contributed by atoms with Crippen molar-refractivity contribution in [2.45, 2.75) is 250 Å². The molecule has 0 aliphatic carbocycles. The monoisotopic (exact) mass is 785 g/mol. The Morgan fingerprint density at radius 2 is 0.754 bits per heavy atom. The Morgan fingerprint density at radius 3 is 1.14 bits per heavy atom. The molecule has 0 aromatic heterocycles. The quantitative estimate of drug-likeness (QED) is 0.214. The highest BCUT2D eigenvalue weighted by Crippen LogP contribution is 2.53. The van der Waals surface area contributed by atoms with E-state index in [4.69, 9.17) is 9.47 Å². The third-order valence-corrected chi connectivity index (χ3v) is 13.6. The summed E-state index contributed by atoms with van der Waals surface area (Å²) in [6.45, 7) is 42.7. The third kappa shape index (κ3) is 10.6. The number of piperidine rings is 4. The van der Waals surface area contributed by atoms with Crippen molar-refractivity contribution in [3.8, 4) is 11.5 Å². The molecule has 57 heavy (non-hydrogen) atoms. The summed E-state index contributed by atoms with van der Waals surface area (Å²) in [4.78, 5) is 0. The average molecular weight is 785 g/mol. The number of nitrogens with one attached hydrogen (secondary N) is 4. The number of benzene rings is 2. The van der Waals surface area contributed by atoms with Gasteiger partial charge in [-0.05, 0) is 183 Å². The normalized spacial score (nSPS) is 27.1. The molecule has 0 bridgehead atoms. The second kappa shape index (κ2) is 14.5. The van der Waals surface area contributed by atoms with Gasteiger partial charge in [0.25, 0.3) is 0 Å². The molecular weight excluding hydrogens is 701 g/mol. The number of ether oxygens (including phenoxy) is 2. The molecule has 4 saturated heterocycles. The third-order valence-electron chi connectivity index (χ3n) is 13.6. The van der Waals surface area contributed by atoms with Gasteiger partial charge in [0.15, 0.2) is 0 Å². The minimum Gasteiger partial charge on any atom is -0.490 e. The Bertz CT molecular complexity index is 1700. The lowest BCUT2D eigenvalue weighted by atomic mass is 9.63. The minimum atomic E-state index is -0.254. The summed E-state index contributed by atoms with van der Waals surface area (Å²) < 4.78 is 14.2. The smallest absolute Gasteiger partial charge is 0.123 e. The van der Waals surface area contributed by atoms with Gasteiger partial charge in [0.05, 0.1) is 0 Å². The first-order valence-electron chi connectivity index (χ1n) is 22.5. The lowest BCUT2D eigenvalue weighted by Crippen LogP contribution is -2.60. The van der Waals surface area contributed by atoms with Crippen LogP contribution in [0.3, 0.4) is 0 Å². The predicted molar refractivity (Wildman–Crippen MR) is 241 cm³/mol. The maximum Gasteiger partial charge on any atom is 0.123 e. The van der Waals surface area contributed by atoms with Crippen molar-refractivity contribution in [3.05, 3.63) is 58.7 Å². The van der Waals surface area contributed by atoms with Crippen LogP contribution < -0.4 is 30.7 Å². The van der Waals surface area contributed by atoms with E-state index in [-0.39, 0.29) is 61.9 Å². The van der Waals surface area contributed by atoms with Crippen LogP contribution in [0.25, 0.3) is 0 Å². The van der Waals surface area contributed by atoms with Crippen molar-refractivity contribution < 1.29 is 9.47 Å². The van der Waals surface area contributed by atoms with Crippen molar-refractivity contribution in [1.29, 1.82) is 0 Å². The number of hydrogen-bond donors (Lipinski definition) is 4. The Kier molecular flexibility index (Phi) is 11.3. The summed E-state index contributed by atoms with van der Waals surface area (Å²) >= 11 is 0. The van der Waals surface area contributed by atoms with Gasteiger partial charge in [-0.2, -0.15) is 0 Å². The zero-order valence-corrected chi connectivity index (χ0v) is 39.7. The van der Waals surface area contributed by atoms with E-state index >= 15 is 0 Å². The lowest BCUT2D eigenvalue weighted by Gasteiger charge is -2.51. The van der Waals surface area contributed by atoms with Crippen LogP contribution in [0.2, 0.25) is 0 Å². The second-order valence-corrected chi connectivity index (χ2v) is 25.2. The Balaban J connectivity index is 1.49. The first-order valence-corrected chi connectivity index (χ1v) is 22.5. The molecule has 6 heteroatoms. The van der Waals surface area contributed by atoms with Crippen LogP contribution in [0.15, 0.2) is 36.4 Å². The topological polar surface area (TPSA) is 66.6 Å². The van der Waals surface area contributed by atoms with E-state index in [1.807, 2.05) is 0 Å². The van der Waals surface area contributed by atoms with Crippen LogP contribution in [-0.4, -0.2) is 56.5 Å². The SMILES string of the molecule is CC1(C)CC(Oc2ccc(C(C)(C)c3ccc(OC4CC(C)(C)NC(C)(C)C4)c(C4CC(C)(C)NC(C)(C)C4)c3C3CC(C)(C)NC(C)(C)C3)cc2)CC(C)(C)N1. The summed E-state index contributed by atoms with van der Waals surface area (Å²) in [6, 6.07) is 14.0. The van der Waals surface area contributed by atoms with Gasteiger partial charge >= 0.3 is 0 Å². The molecule has 0 unspecified atom stereocenters. The standard InChI is InChI=1S/C51H84N4O2/c1-43(2)25-33(26-44(3,4)52-43)41-39(51(17,18)35-19-21-36(22-20-35)56-37-29-47(9,10)54-48(11,12)30-37)23-24-40(57-38-31-49(13,14)55-50(15,16)32-38)42(41)34-27-45(5,6)53-46(7,8)28-34/h19-24,33-34,37-38,52-55H,25-32H2,1-18H3. The van der Waals surface area contributed by atoms with Crippen LogP contribution >= 0.6 is 0 Å². The highest BCUT2D eigenvalue weighted by atomic mass is 16.5. The molecule has 0 atom stereocenters. The molecule has 6 rings (SSSR count). The van der Waals surface area contributed by atoms with Crippen molar-refractivity contribution in [2.75, 3.05) is 0 Å². The molecule has 4 heterocycles. The van der Waals surface area contributed by atoms with E-state index in [2.05, 4.69) is 182 Å². The zero-order chi connectivity index (χ0) is 42.4. The van der Waals surface area contributed by atoms with Crippen LogP contribution in [0, 0.1) is 0 Å². The number of hydrogen-bond acceptors (Lipinski definition) is 6. The van der Waals surface area contributed by atoms with E-state index in [0.29, 0.717) is 11.8 Å². The van der Waals surface area contributed by atoms with E-state index in [1.165, 1.54) is 16.7 Å². The molecule has 4 N–H and O–H groups in total. The summed E-state index contributed by atoms with van der Waals surface area (Å²) in [5.41, 5.74) is 5.57. The van der Waals surface area contributed by atoms with E-state index in [0.717, 1.165) is 62.9 Å². The molecule has 4 aliphatic rings. The van der Waals surface area contributed by atoms with Crippen molar-refractivity contribution in [3.63, 3.8) is 0 Å². The van der Waals surface area contributed by atoms with Gasteiger partial charge in [-0.25, -0.2) is 0 Å². The van der Waals surface area contributed by atoms with Gasteiger partial charge in [0, 0.05) is 81.0 Å². The lowest BCUT2D eigenvalue weighted by molar-refractivity contribution is 0.0538. The van der Waals surface area contributed by atoms with Gasteiger partial charge in [-0.3, -0.25) is 0 Å². The second-order valence-electron chi connectivity index (χ2n) is 25.2. The summed E-state index contributed by atoms with van der Waals surface area (Å²) in [6.07, 6.45) is 8.56. The van der Waals surface area contributed by atoms with Gasteiger partial charge < -0.3 is 30.7 Å². The van der Waals surface area contributed by atoms with Gasteiger partial charge in [0.2, 0.25) is 0 Å². The highest BCUT2D eigenvalue weighted by molar-refractivity contribution is 5.55. The summed E-state index contributed by atoms with van der Waals surface area (Å²) in [5.74, 6) is 2.81. The van der Waals surface area contributed by atoms with Crippen LogP contribution in [0.1, 0.15) is 210 Å². The fraction of sp³-hybridized carbons (Fsp3) is 0.765. The molecule has 6 nitrogen and oxygen atoms in total. The van der Waals surface area contributed by atoms with Crippen LogP contribution in [0.4, 0.5) is 0 Å². The van der Waals surface area contributed by atoms with E-state index < -0.39 is 0 Å². The van der Waals surface area contributed by atoms with E-state index in [1.54, 1.807) is 5.56 Å². The molecule has 4 fully saturated rings. The van der Waals surface area contributed by atoms with Crippen molar-refractivity contribution >= 4 is 0 Å². The van der Waals surface area contributed by atoms with Crippen molar-refractivity contribution in [1.82, 2.24) is 21.3 Å². The molecule has 0 amide bonds. The van der Waals surface area contributed by atoms with Crippen LogP contribution in [0.5, 0.6) is 11.5 Å². The fourth-order valence-corrected chi connectivity index (χ4v) is 13.3. The van der Waals surface area contributed by atoms with Gasteiger partial charge in [-0.15, -0.1) is 0 Å². The minimum absolute atomic E-state index is 0.00463. The molecule has 0 spiro atoms. The van der Waals surface area contributed by atoms with Crippen molar-refractivity contribution in [2.24, 2.45) is 0 Å². The predicted octanol–water partition coefficient (Wildman–Crippen LogP) is 11.4. The fourth-order valence-electron chi connectivity index (χ4n) is 13.3.